The van der Waals surface area contributed by atoms with Gasteiger partial charge in [0.05, 0.1) is 23.1 Å². The van der Waals surface area contributed by atoms with Crippen LogP contribution >= 0.6 is 12.4 Å². The quantitative estimate of drug-likeness (QED) is 0.599. The van der Waals surface area contributed by atoms with Crippen molar-refractivity contribution in [3.8, 4) is 11.4 Å². The second-order valence-corrected chi connectivity index (χ2v) is 5.79. The number of aromatic nitrogens is 2. The van der Waals surface area contributed by atoms with Gasteiger partial charge in [-0.15, -0.1) is 12.4 Å². The Hall–Kier alpha value is -1.48. The molecule has 114 valence electrons. The van der Waals surface area contributed by atoms with Crippen molar-refractivity contribution in [1.82, 2.24) is 9.97 Å². The van der Waals surface area contributed by atoms with Gasteiger partial charge >= 0.3 is 0 Å². The molecule has 4 heteroatoms. The molecular weight excluding hydrogens is 282 g/mol. The molecule has 0 saturated heterocycles. The average molecular weight is 306 g/mol. The summed E-state index contributed by atoms with van der Waals surface area (Å²) in [7, 11) is 0. The van der Waals surface area contributed by atoms with Gasteiger partial charge in [-0.05, 0) is 43.5 Å². The van der Waals surface area contributed by atoms with Gasteiger partial charge in [0, 0.05) is 12.4 Å². The Kier molecular flexibility index (Phi) is 5.68. The van der Waals surface area contributed by atoms with Crippen LogP contribution in [0.25, 0.3) is 11.4 Å². The van der Waals surface area contributed by atoms with E-state index in [-0.39, 0.29) is 12.4 Å². The topological polar surface area (TPSA) is 43.9 Å². The zero-order valence-electron chi connectivity index (χ0n) is 12.6. The highest BCUT2D eigenvalue weighted by Crippen LogP contribution is 2.22. The number of aryl methyl sites for hydroxylation is 1. The predicted molar refractivity (Wildman–Crippen MR) is 91.6 cm³/mol. The molecule has 1 aliphatic rings. The molecule has 0 unspecified atom stereocenters. The third-order valence-corrected chi connectivity index (χ3v) is 4.15. The Bertz CT molecular complexity index is 561. The SMILES string of the molecule is Cc1cc(C=NC2CCCCCC2)[nH]c1-c1ccc[nH]1.Cl. The summed E-state index contributed by atoms with van der Waals surface area (Å²) < 4.78 is 0. The highest BCUT2D eigenvalue weighted by atomic mass is 35.5. The monoisotopic (exact) mass is 305 g/mol. The van der Waals surface area contributed by atoms with Gasteiger partial charge in [-0.1, -0.05) is 25.7 Å². The van der Waals surface area contributed by atoms with Gasteiger partial charge in [-0.25, -0.2) is 0 Å². The van der Waals surface area contributed by atoms with Crippen LogP contribution in [0.3, 0.4) is 0 Å². The molecule has 0 radical (unpaired) electrons. The minimum atomic E-state index is 0. The minimum Gasteiger partial charge on any atom is -0.360 e. The van der Waals surface area contributed by atoms with Crippen LogP contribution in [0.1, 0.15) is 49.8 Å². The normalized spacial score (nSPS) is 16.8. The summed E-state index contributed by atoms with van der Waals surface area (Å²) >= 11 is 0. The van der Waals surface area contributed by atoms with E-state index in [0.717, 1.165) is 17.1 Å². The van der Waals surface area contributed by atoms with E-state index in [1.165, 1.54) is 44.1 Å². The Morgan fingerprint density at radius 1 is 1.19 bits per heavy atom. The number of aliphatic imine (C=N–C) groups is 1. The Morgan fingerprint density at radius 2 is 1.95 bits per heavy atom. The van der Waals surface area contributed by atoms with Crippen LogP contribution in [-0.4, -0.2) is 22.2 Å². The van der Waals surface area contributed by atoms with Gasteiger partial charge in [-0.2, -0.15) is 0 Å². The number of halogens is 1. The molecule has 1 saturated carbocycles. The second-order valence-electron chi connectivity index (χ2n) is 5.79. The Balaban J connectivity index is 0.00000161. The summed E-state index contributed by atoms with van der Waals surface area (Å²) in [6, 6.07) is 6.81. The highest BCUT2D eigenvalue weighted by molar-refractivity contribution is 5.85. The number of aromatic amines is 2. The molecule has 0 aliphatic heterocycles. The predicted octanol–water partition coefficient (Wildman–Crippen LogP) is 4.88. The van der Waals surface area contributed by atoms with Crippen molar-refractivity contribution in [3.05, 3.63) is 35.7 Å². The lowest BCUT2D eigenvalue weighted by molar-refractivity contribution is 0.588. The first-order chi connectivity index (χ1) is 9.83. The molecule has 1 fully saturated rings. The van der Waals surface area contributed by atoms with Gasteiger partial charge in [0.1, 0.15) is 0 Å². The smallest absolute Gasteiger partial charge is 0.0654 e. The van der Waals surface area contributed by atoms with E-state index in [4.69, 9.17) is 4.99 Å². The minimum absolute atomic E-state index is 0. The van der Waals surface area contributed by atoms with Crippen LogP contribution in [0.5, 0.6) is 0 Å². The second kappa shape index (κ2) is 7.51. The van der Waals surface area contributed by atoms with Crippen molar-refractivity contribution in [1.29, 1.82) is 0 Å². The molecule has 0 spiro atoms. The Morgan fingerprint density at radius 3 is 2.62 bits per heavy atom. The molecule has 21 heavy (non-hydrogen) atoms. The van der Waals surface area contributed by atoms with Crippen LogP contribution in [0, 0.1) is 6.92 Å². The number of nitrogens with zero attached hydrogens (tertiary/aromatic N) is 1. The standard InChI is InChI=1S/C17H23N3.ClH/c1-13-11-15(20-17(13)16-9-6-10-18-16)12-19-14-7-4-2-3-5-8-14;/h6,9-12,14,18,20H,2-5,7-8H2,1H3;1H. The molecular formula is C17H24ClN3. The fourth-order valence-corrected chi connectivity index (χ4v) is 3.01. The third kappa shape index (κ3) is 4.01. The van der Waals surface area contributed by atoms with Crippen molar-refractivity contribution in [3.63, 3.8) is 0 Å². The fraction of sp³-hybridized carbons (Fsp3) is 0.471. The number of H-pyrrole nitrogens is 2. The van der Waals surface area contributed by atoms with Crippen LogP contribution in [0.15, 0.2) is 29.4 Å². The molecule has 2 N–H and O–H groups in total. The van der Waals surface area contributed by atoms with Crippen LogP contribution in [-0.2, 0) is 0 Å². The lowest BCUT2D eigenvalue weighted by Crippen LogP contribution is -2.02. The molecule has 3 rings (SSSR count). The number of hydrogen-bond acceptors (Lipinski definition) is 1. The molecule has 2 aromatic heterocycles. The van der Waals surface area contributed by atoms with Crippen molar-refractivity contribution in [2.75, 3.05) is 0 Å². The van der Waals surface area contributed by atoms with E-state index in [0.29, 0.717) is 6.04 Å². The summed E-state index contributed by atoms with van der Waals surface area (Å²) in [6.07, 6.45) is 11.9. The molecule has 3 nitrogen and oxygen atoms in total. The Labute approximate surface area is 132 Å². The van der Waals surface area contributed by atoms with E-state index < -0.39 is 0 Å². The van der Waals surface area contributed by atoms with Crippen LogP contribution in [0.2, 0.25) is 0 Å². The van der Waals surface area contributed by atoms with Gasteiger partial charge in [0.25, 0.3) is 0 Å². The lowest BCUT2D eigenvalue weighted by atomic mass is 10.1. The maximum atomic E-state index is 4.78. The van der Waals surface area contributed by atoms with E-state index >= 15 is 0 Å². The number of hydrogen-bond donors (Lipinski definition) is 2. The zero-order valence-corrected chi connectivity index (χ0v) is 13.4. The molecule has 2 heterocycles. The van der Waals surface area contributed by atoms with Crippen molar-refractivity contribution in [2.45, 2.75) is 51.5 Å². The third-order valence-electron chi connectivity index (χ3n) is 4.15. The van der Waals surface area contributed by atoms with Crippen LogP contribution in [0.4, 0.5) is 0 Å². The van der Waals surface area contributed by atoms with Gasteiger partial charge in [0.2, 0.25) is 0 Å². The van der Waals surface area contributed by atoms with Crippen molar-refractivity contribution < 1.29 is 0 Å². The largest absolute Gasteiger partial charge is 0.360 e. The lowest BCUT2D eigenvalue weighted by Gasteiger charge is -2.06. The number of rotatable bonds is 3. The summed E-state index contributed by atoms with van der Waals surface area (Å²) in [5, 5.41) is 0. The first-order valence-electron chi connectivity index (χ1n) is 7.69. The summed E-state index contributed by atoms with van der Waals surface area (Å²) in [4.78, 5) is 11.5. The van der Waals surface area contributed by atoms with Crippen LogP contribution < -0.4 is 0 Å². The molecule has 0 atom stereocenters. The van der Waals surface area contributed by atoms with E-state index in [1.807, 2.05) is 18.5 Å². The van der Waals surface area contributed by atoms with Crippen molar-refractivity contribution in [2.24, 2.45) is 4.99 Å². The van der Waals surface area contributed by atoms with Crippen molar-refractivity contribution >= 4 is 18.6 Å². The van der Waals surface area contributed by atoms with E-state index in [2.05, 4.69) is 29.0 Å². The average Bonchev–Trinajstić information content (AvgIpc) is 3.00. The van der Waals surface area contributed by atoms with Gasteiger partial charge in [0.15, 0.2) is 0 Å². The van der Waals surface area contributed by atoms with E-state index in [9.17, 15) is 0 Å². The molecule has 0 aromatic carbocycles. The molecule has 2 aromatic rings. The van der Waals surface area contributed by atoms with Gasteiger partial charge in [-0.3, -0.25) is 4.99 Å². The number of nitrogens with one attached hydrogen (secondary N) is 2. The molecule has 0 bridgehead atoms. The maximum Gasteiger partial charge on any atom is 0.0654 e. The molecule has 1 aliphatic carbocycles. The maximum absolute atomic E-state index is 4.78. The summed E-state index contributed by atoms with van der Waals surface area (Å²) in [5.41, 5.74) is 4.67. The highest BCUT2D eigenvalue weighted by Gasteiger charge is 2.10. The first-order valence-corrected chi connectivity index (χ1v) is 7.69. The van der Waals surface area contributed by atoms with Gasteiger partial charge < -0.3 is 9.97 Å². The first kappa shape index (κ1) is 15.9. The van der Waals surface area contributed by atoms with E-state index in [1.54, 1.807) is 0 Å². The molecule has 0 amide bonds. The fourth-order valence-electron chi connectivity index (χ4n) is 3.01. The summed E-state index contributed by atoms with van der Waals surface area (Å²) in [6.45, 7) is 2.13. The summed E-state index contributed by atoms with van der Waals surface area (Å²) in [5.74, 6) is 0. The zero-order chi connectivity index (χ0) is 13.8.